The van der Waals surface area contributed by atoms with Gasteiger partial charge in [-0.1, -0.05) is 15.9 Å². The highest BCUT2D eigenvalue weighted by atomic mass is 79.9. The first-order valence-electron chi connectivity index (χ1n) is 8.08. The zero-order valence-electron chi connectivity index (χ0n) is 15.4. The van der Waals surface area contributed by atoms with Crippen molar-refractivity contribution in [2.45, 2.75) is 53.2 Å². The summed E-state index contributed by atoms with van der Waals surface area (Å²) in [6.45, 7) is 10.2. The Hall–Kier alpha value is -1.63. The summed E-state index contributed by atoms with van der Waals surface area (Å²) in [7, 11) is 0. The molecule has 1 amide bonds. The van der Waals surface area contributed by atoms with Gasteiger partial charge in [0.1, 0.15) is 11.4 Å². The Morgan fingerprint density at radius 1 is 1.32 bits per heavy atom. The van der Waals surface area contributed by atoms with Crippen molar-refractivity contribution >= 4 is 28.0 Å². The van der Waals surface area contributed by atoms with Gasteiger partial charge in [-0.2, -0.15) is 0 Å². The van der Waals surface area contributed by atoms with Crippen molar-refractivity contribution in [3.8, 4) is 0 Å². The lowest BCUT2D eigenvalue weighted by molar-refractivity contribution is -0.148. The quantitative estimate of drug-likeness (QED) is 0.707. The van der Waals surface area contributed by atoms with Crippen molar-refractivity contribution in [3.05, 3.63) is 33.5 Å². The van der Waals surface area contributed by atoms with E-state index in [0.717, 1.165) is 0 Å². The maximum atomic E-state index is 14.7. The molecule has 0 bridgehead atoms. The molecule has 0 aliphatic rings. The van der Waals surface area contributed by atoms with Crippen LogP contribution >= 0.6 is 15.9 Å². The van der Waals surface area contributed by atoms with E-state index in [2.05, 4.69) is 21.2 Å². The van der Waals surface area contributed by atoms with Crippen LogP contribution < -0.4 is 5.32 Å². The Labute approximate surface area is 156 Å². The Morgan fingerprint density at radius 2 is 1.92 bits per heavy atom. The van der Waals surface area contributed by atoms with E-state index in [-0.39, 0.29) is 12.2 Å². The third-order valence-corrected chi connectivity index (χ3v) is 3.87. The summed E-state index contributed by atoms with van der Waals surface area (Å²) in [5.41, 5.74) is -0.122. The van der Waals surface area contributed by atoms with Gasteiger partial charge in [0.25, 0.3) is 0 Å². The molecule has 2 atom stereocenters. The molecule has 0 saturated heterocycles. The minimum absolute atomic E-state index is 0.193. The number of ether oxygens (including phenoxy) is 2. The summed E-state index contributed by atoms with van der Waals surface area (Å²) in [5.74, 6) is -1.81. The van der Waals surface area contributed by atoms with Crippen molar-refractivity contribution in [2.24, 2.45) is 5.92 Å². The van der Waals surface area contributed by atoms with E-state index in [1.54, 1.807) is 53.7 Å². The molecule has 7 heteroatoms. The maximum absolute atomic E-state index is 14.7. The van der Waals surface area contributed by atoms with E-state index < -0.39 is 35.4 Å². The van der Waals surface area contributed by atoms with Crippen molar-refractivity contribution < 1.29 is 23.5 Å². The molecule has 0 radical (unpaired) electrons. The number of hydrogen-bond donors (Lipinski definition) is 1. The predicted molar refractivity (Wildman–Crippen MR) is 96.7 cm³/mol. The Balaban J connectivity index is 3.24. The van der Waals surface area contributed by atoms with Crippen LogP contribution in [0.2, 0.25) is 0 Å². The van der Waals surface area contributed by atoms with Gasteiger partial charge in [-0.15, -0.1) is 0 Å². The van der Waals surface area contributed by atoms with Gasteiger partial charge in [-0.25, -0.2) is 9.18 Å². The fraction of sp³-hybridized carbons (Fsp3) is 0.556. The van der Waals surface area contributed by atoms with Gasteiger partial charge in [-0.3, -0.25) is 4.79 Å². The van der Waals surface area contributed by atoms with Crippen LogP contribution in [-0.2, 0) is 14.3 Å². The van der Waals surface area contributed by atoms with Gasteiger partial charge in [0.2, 0.25) is 0 Å². The monoisotopic (exact) mass is 417 g/mol. The van der Waals surface area contributed by atoms with E-state index in [0.29, 0.717) is 10.0 Å². The molecule has 0 fully saturated rings. The second kappa shape index (κ2) is 8.65. The number of aryl methyl sites for hydroxylation is 1. The molecule has 1 N–H and O–H groups in total. The Morgan fingerprint density at radius 3 is 2.44 bits per heavy atom. The summed E-state index contributed by atoms with van der Waals surface area (Å²) in [6.07, 6.45) is -0.731. The average Bonchev–Trinajstić information content (AvgIpc) is 2.46. The summed E-state index contributed by atoms with van der Waals surface area (Å²) in [5, 5.41) is 2.60. The van der Waals surface area contributed by atoms with E-state index in [1.165, 1.54) is 0 Å². The number of carbonyl (C=O) groups is 2. The molecule has 1 aromatic carbocycles. The molecule has 0 aliphatic heterocycles. The Kier molecular flexibility index (Phi) is 7.41. The van der Waals surface area contributed by atoms with E-state index in [9.17, 15) is 14.0 Å². The highest BCUT2D eigenvalue weighted by molar-refractivity contribution is 9.10. The van der Waals surface area contributed by atoms with Gasteiger partial charge >= 0.3 is 12.1 Å². The molecule has 25 heavy (non-hydrogen) atoms. The van der Waals surface area contributed by atoms with Crippen molar-refractivity contribution in [3.63, 3.8) is 0 Å². The van der Waals surface area contributed by atoms with Crippen molar-refractivity contribution in [1.82, 2.24) is 5.32 Å². The fourth-order valence-corrected chi connectivity index (χ4v) is 2.88. The zero-order chi connectivity index (χ0) is 19.4. The van der Waals surface area contributed by atoms with Crippen LogP contribution in [0, 0.1) is 18.7 Å². The first-order valence-corrected chi connectivity index (χ1v) is 8.87. The van der Waals surface area contributed by atoms with Gasteiger partial charge in [0.05, 0.1) is 18.6 Å². The molecule has 0 aromatic heterocycles. The smallest absolute Gasteiger partial charge is 0.408 e. The summed E-state index contributed by atoms with van der Waals surface area (Å²) in [4.78, 5) is 24.3. The topological polar surface area (TPSA) is 64.6 Å². The molecular formula is C18H25BrFNO4. The number of hydrogen-bond acceptors (Lipinski definition) is 4. The first-order chi connectivity index (χ1) is 11.5. The Bertz CT molecular complexity index is 643. The largest absolute Gasteiger partial charge is 0.466 e. The normalized spacial score (nSPS) is 13.8. The van der Waals surface area contributed by atoms with Crippen LogP contribution in [0.15, 0.2) is 16.6 Å². The molecule has 1 rings (SSSR count). The van der Waals surface area contributed by atoms with Crippen LogP contribution in [0.25, 0.3) is 0 Å². The van der Waals surface area contributed by atoms with Crippen molar-refractivity contribution in [1.29, 1.82) is 0 Å². The third-order valence-electron chi connectivity index (χ3n) is 3.41. The van der Waals surface area contributed by atoms with Gasteiger partial charge in [0, 0.05) is 10.0 Å². The van der Waals surface area contributed by atoms with Crippen molar-refractivity contribution in [2.75, 3.05) is 6.61 Å². The number of alkyl carbamates (subject to hydrolysis) is 1. The molecule has 5 nitrogen and oxygen atoms in total. The lowest BCUT2D eigenvalue weighted by Crippen LogP contribution is -2.40. The summed E-state index contributed by atoms with van der Waals surface area (Å²) < 4.78 is 25.6. The molecular weight excluding hydrogens is 393 g/mol. The number of halogens is 2. The minimum atomic E-state index is -0.926. The molecule has 0 heterocycles. The van der Waals surface area contributed by atoms with Gasteiger partial charge in [0.15, 0.2) is 0 Å². The van der Waals surface area contributed by atoms with Crippen LogP contribution in [0.5, 0.6) is 0 Å². The highest BCUT2D eigenvalue weighted by Gasteiger charge is 2.32. The number of benzene rings is 1. The number of esters is 1. The maximum Gasteiger partial charge on any atom is 0.408 e. The number of amides is 1. The first kappa shape index (κ1) is 21.4. The second-order valence-corrected chi connectivity index (χ2v) is 7.71. The molecule has 0 spiro atoms. The SMILES string of the molecule is CCOC(=O)[C@@H](C)[C@H](NC(=O)OC(C)(C)C)c1cc(Br)cc(C)c1F. The van der Waals surface area contributed by atoms with Crippen LogP contribution in [0.4, 0.5) is 9.18 Å². The van der Waals surface area contributed by atoms with Crippen LogP contribution in [-0.4, -0.2) is 24.3 Å². The summed E-state index contributed by atoms with van der Waals surface area (Å²) >= 11 is 3.32. The fourth-order valence-electron chi connectivity index (χ4n) is 2.29. The number of carbonyl (C=O) groups excluding carboxylic acids is 2. The summed E-state index contributed by atoms with van der Waals surface area (Å²) in [6, 6.07) is 2.24. The van der Waals surface area contributed by atoms with Gasteiger partial charge < -0.3 is 14.8 Å². The zero-order valence-corrected chi connectivity index (χ0v) is 17.0. The number of nitrogens with one attached hydrogen (secondary N) is 1. The van der Waals surface area contributed by atoms with Crippen LogP contribution in [0.3, 0.4) is 0 Å². The second-order valence-electron chi connectivity index (χ2n) is 6.79. The predicted octanol–water partition coefficient (Wildman–Crippen LogP) is 4.66. The molecule has 140 valence electrons. The minimum Gasteiger partial charge on any atom is -0.466 e. The average molecular weight is 418 g/mol. The van der Waals surface area contributed by atoms with Crippen LogP contribution in [0.1, 0.15) is 51.8 Å². The lowest BCUT2D eigenvalue weighted by Gasteiger charge is -2.27. The molecule has 1 aromatic rings. The lowest BCUT2D eigenvalue weighted by atomic mass is 9.93. The molecule has 0 aliphatic carbocycles. The highest BCUT2D eigenvalue weighted by Crippen LogP contribution is 2.30. The van der Waals surface area contributed by atoms with E-state index >= 15 is 0 Å². The number of rotatable bonds is 5. The van der Waals surface area contributed by atoms with Gasteiger partial charge in [-0.05, 0) is 59.2 Å². The molecule has 0 saturated carbocycles. The standard InChI is InChI=1S/C18H25BrFNO4/c1-7-24-16(22)11(3)15(21-17(23)25-18(4,5)6)13-9-12(19)8-10(2)14(13)20/h8-9,11,15H,7H2,1-6H3,(H,21,23)/t11-,15-/m0/s1. The van der Waals surface area contributed by atoms with E-state index in [1.807, 2.05) is 0 Å². The van der Waals surface area contributed by atoms with E-state index in [4.69, 9.17) is 9.47 Å². The third kappa shape index (κ3) is 6.30. The molecule has 0 unspecified atom stereocenters.